The molecular formula is C23H41IN4O2S. The molecule has 0 radical (unpaired) electrons. The minimum Gasteiger partial charge on any atom is -0.381 e. The first kappa shape index (κ1) is 26.8. The lowest BCUT2D eigenvalue weighted by atomic mass is 9.88. The smallest absolute Gasteiger partial charge is 0.191 e. The summed E-state index contributed by atoms with van der Waals surface area (Å²) in [5.74, 6) is 2.18. The Morgan fingerprint density at radius 1 is 1.29 bits per heavy atom. The van der Waals surface area contributed by atoms with Crippen molar-refractivity contribution in [3.05, 3.63) is 22.4 Å². The van der Waals surface area contributed by atoms with Gasteiger partial charge in [-0.25, -0.2) is 0 Å². The molecule has 0 amide bonds. The molecule has 0 spiro atoms. The fourth-order valence-electron chi connectivity index (χ4n) is 4.45. The lowest BCUT2D eigenvalue weighted by Crippen LogP contribution is -2.40. The highest BCUT2D eigenvalue weighted by Gasteiger charge is 2.31. The first-order chi connectivity index (χ1) is 14.8. The summed E-state index contributed by atoms with van der Waals surface area (Å²) in [6.45, 7) is 9.39. The maximum absolute atomic E-state index is 5.88. The zero-order chi connectivity index (χ0) is 21.0. The molecule has 2 aliphatic heterocycles. The Bertz CT molecular complexity index is 611. The lowest BCUT2D eigenvalue weighted by Gasteiger charge is -2.38. The predicted octanol–water partition coefficient (Wildman–Crippen LogP) is 4.14. The molecule has 2 saturated heterocycles. The average molecular weight is 565 g/mol. The van der Waals surface area contributed by atoms with Crippen LogP contribution in [0.3, 0.4) is 0 Å². The Morgan fingerprint density at radius 2 is 2.13 bits per heavy atom. The molecule has 2 fully saturated rings. The number of nitrogens with one attached hydrogen (secondary N) is 2. The molecule has 2 unspecified atom stereocenters. The van der Waals surface area contributed by atoms with Crippen molar-refractivity contribution in [2.24, 2.45) is 16.8 Å². The van der Waals surface area contributed by atoms with E-state index in [0.717, 1.165) is 71.3 Å². The first-order valence-corrected chi connectivity index (χ1v) is 12.6. The number of halogens is 1. The number of hydrogen-bond donors (Lipinski definition) is 2. The summed E-state index contributed by atoms with van der Waals surface area (Å²) in [6, 6.07) is 4.93. The topological polar surface area (TPSA) is 58.1 Å². The molecule has 0 aromatic carbocycles. The van der Waals surface area contributed by atoms with Crippen LogP contribution in [0.2, 0.25) is 0 Å². The van der Waals surface area contributed by atoms with Crippen LogP contribution in [0.25, 0.3) is 0 Å². The maximum atomic E-state index is 5.88. The number of piperidine rings is 1. The molecule has 6 nitrogen and oxygen atoms in total. The highest BCUT2D eigenvalue weighted by atomic mass is 127. The van der Waals surface area contributed by atoms with Gasteiger partial charge >= 0.3 is 0 Å². The van der Waals surface area contributed by atoms with Crippen LogP contribution in [-0.2, 0) is 9.47 Å². The van der Waals surface area contributed by atoms with E-state index in [4.69, 9.17) is 14.5 Å². The van der Waals surface area contributed by atoms with Crippen LogP contribution >= 0.6 is 35.3 Å². The lowest BCUT2D eigenvalue weighted by molar-refractivity contribution is 0.0203. The summed E-state index contributed by atoms with van der Waals surface area (Å²) in [5.41, 5.74) is 0. The minimum absolute atomic E-state index is 0. The van der Waals surface area contributed by atoms with E-state index in [0.29, 0.717) is 17.9 Å². The van der Waals surface area contributed by atoms with Gasteiger partial charge in [-0.15, -0.1) is 35.3 Å². The van der Waals surface area contributed by atoms with Crippen molar-refractivity contribution in [2.45, 2.75) is 45.1 Å². The third-order valence-electron chi connectivity index (χ3n) is 6.12. The molecule has 8 heteroatoms. The van der Waals surface area contributed by atoms with Gasteiger partial charge in [0.1, 0.15) is 0 Å². The maximum Gasteiger partial charge on any atom is 0.191 e. The van der Waals surface area contributed by atoms with E-state index < -0.39 is 0 Å². The van der Waals surface area contributed by atoms with Crippen LogP contribution in [0.4, 0.5) is 0 Å². The van der Waals surface area contributed by atoms with Gasteiger partial charge in [0.25, 0.3) is 0 Å². The van der Waals surface area contributed by atoms with E-state index >= 15 is 0 Å². The van der Waals surface area contributed by atoms with E-state index in [1.165, 1.54) is 24.3 Å². The van der Waals surface area contributed by atoms with Gasteiger partial charge < -0.3 is 20.1 Å². The fourth-order valence-corrected chi connectivity index (χ4v) is 5.44. The molecule has 0 aliphatic carbocycles. The van der Waals surface area contributed by atoms with Crippen molar-refractivity contribution in [3.8, 4) is 0 Å². The van der Waals surface area contributed by atoms with E-state index in [1.54, 1.807) is 0 Å². The molecule has 3 rings (SSSR count). The summed E-state index contributed by atoms with van der Waals surface area (Å²) in [6.07, 6.45) is 5.77. The quantitative estimate of drug-likeness (QED) is 0.194. The molecule has 2 aliphatic rings. The highest BCUT2D eigenvalue weighted by molar-refractivity contribution is 14.0. The van der Waals surface area contributed by atoms with Gasteiger partial charge in [0.2, 0.25) is 0 Å². The van der Waals surface area contributed by atoms with Crippen LogP contribution in [0, 0.1) is 11.8 Å². The molecule has 178 valence electrons. The predicted molar refractivity (Wildman–Crippen MR) is 141 cm³/mol. The van der Waals surface area contributed by atoms with E-state index in [-0.39, 0.29) is 24.0 Å². The zero-order valence-electron chi connectivity index (χ0n) is 19.2. The third-order valence-corrected chi connectivity index (χ3v) is 7.07. The van der Waals surface area contributed by atoms with Gasteiger partial charge in [0.05, 0.1) is 0 Å². The molecule has 3 heterocycles. The number of hydrogen-bond acceptors (Lipinski definition) is 5. The summed E-state index contributed by atoms with van der Waals surface area (Å²) in [7, 11) is 2.25. The van der Waals surface area contributed by atoms with Gasteiger partial charge in [-0.2, -0.15) is 0 Å². The van der Waals surface area contributed by atoms with Gasteiger partial charge in [-0.1, -0.05) is 6.07 Å². The minimum atomic E-state index is 0. The summed E-state index contributed by atoms with van der Waals surface area (Å²) in [4.78, 5) is 8.92. The van der Waals surface area contributed by atoms with Crippen molar-refractivity contribution < 1.29 is 9.47 Å². The molecule has 31 heavy (non-hydrogen) atoms. The van der Waals surface area contributed by atoms with Crippen LogP contribution < -0.4 is 10.6 Å². The monoisotopic (exact) mass is 564 g/mol. The third kappa shape index (κ3) is 9.15. The Kier molecular flexibility index (Phi) is 13.3. The SMILES string of the molecule is CCNC(=NCC1CCCN(C)C1c1cccs1)NCCCOCC1CCOCC1.I. The van der Waals surface area contributed by atoms with Crippen LogP contribution in [0.5, 0.6) is 0 Å². The van der Waals surface area contributed by atoms with E-state index in [9.17, 15) is 0 Å². The van der Waals surface area contributed by atoms with E-state index in [1.807, 2.05) is 11.3 Å². The van der Waals surface area contributed by atoms with Gasteiger partial charge in [-0.05, 0) is 75.9 Å². The summed E-state index contributed by atoms with van der Waals surface area (Å²) in [5, 5.41) is 9.07. The Morgan fingerprint density at radius 3 is 2.87 bits per heavy atom. The molecule has 1 aromatic heterocycles. The highest BCUT2D eigenvalue weighted by Crippen LogP contribution is 2.37. The molecular weight excluding hydrogens is 523 g/mol. The van der Waals surface area contributed by atoms with Gasteiger partial charge in [0, 0.05) is 57.0 Å². The number of guanidine groups is 1. The second-order valence-electron chi connectivity index (χ2n) is 8.47. The number of likely N-dealkylation sites (tertiary alicyclic amines) is 1. The van der Waals surface area contributed by atoms with Crippen molar-refractivity contribution in [1.29, 1.82) is 0 Å². The molecule has 0 saturated carbocycles. The summed E-state index contributed by atoms with van der Waals surface area (Å²) < 4.78 is 11.3. The average Bonchev–Trinajstić information content (AvgIpc) is 3.29. The van der Waals surface area contributed by atoms with Crippen molar-refractivity contribution in [1.82, 2.24) is 15.5 Å². The normalized spacial score (nSPS) is 23.4. The number of rotatable bonds is 10. The standard InChI is InChI=1S/C23H40N4O2S.HI/c1-3-24-23(25-11-6-13-29-18-19-9-14-28-15-10-19)26-17-20-7-4-12-27(2)22(20)21-8-5-16-30-21;/h5,8,16,19-20,22H,3-4,6-7,9-15,17-18H2,1-2H3,(H2,24,25,26);1H. The molecule has 1 aromatic rings. The number of ether oxygens (including phenoxy) is 2. The van der Waals surface area contributed by atoms with Gasteiger partial charge in [0.15, 0.2) is 5.96 Å². The van der Waals surface area contributed by atoms with Gasteiger partial charge in [-0.3, -0.25) is 9.89 Å². The second kappa shape index (κ2) is 15.4. The van der Waals surface area contributed by atoms with E-state index in [2.05, 4.69) is 47.0 Å². The number of nitrogens with zero attached hydrogens (tertiary/aromatic N) is 2. The zero-order valence-corrected chi connectivity index (χ0v) is 22.3. The fraction of sp³-hybridized carbons (Fsp3) is 0.783. The second-order valence-corrected chi connectivity index (χ2v) is 9.45. The van der Waals surface area contributed by atoms with Crippen molar-refractivity contribution in [2.75, 3.05) is 59.7 Å². The molecule has 0 bridgehead atoms. The van der Waals surface area contributed by atoms with Crippen LogP contribution in [-0.4, -0.2) is 70.5 Å². The first-order valence-electron chi connectivity index (χ1n) is 11.7. The Labute approximate surface area is 209 Å². The van der Waals surface area contributed by atoms with Crippen LogP contribution in [0.1, 0.15) is 49.9 Å². The number of aliphatic imine (C=N–C) groups is 1. The Balaban J connectivity index is 0.00000341. The number of thiophene rings is 1. The molecule has 2 atom stereocenters. The van der Waals surface area contributed by atoms with Crippen LogP contribution in [0.15, 0.2) is 22.5 Å². The summed E-state index contributed by atoms with van der Waals surface area (Å²) >= 11 is 1.87. The Hall–Kier alpha value is -0.420. The van der Waals surface area contributed by atoms with Crippen molar-refractivity contribution >= 4 is 41.3 Å². The largest absolute Gasteiger partial charge is 0.381 e. The molecule has 2 N–H and O–H groups in total. The van der Waals surface area contributed by atoms with Crippen molar-refractivity contribution in [3.63, 3.8) is 0 Å².